The van der Waals surface area contributed by atoms with Crippen LogP contribution in [0.25, 0.3) is 0 Å². The van der Waals surface area contributed by atoms with Gasteiger partial charge in [0.05, 0.1) is 6.42 Å². The number of rotatable bonds is 13. The van der Waals surface area contributed by atoms with Crippen molar-refractivity contribution in [3.05, 3.63) is 57.7 Å². The molecule has 1 aromatic carbocycles. The fourth-order valence-electron chi connectivity index (χ4n) is 6.86. The molecule has 0 N–H and O–H groups in total. The summed E-state index contributed by atoms with van der Waals surface area (Å²) in [5.74, 6) is 1.47. The second-order valence-electron chi connectivity index (χ2n) is 12.6. The Labute approximate surface area is 245 Å². The van der Waals surface area contributed by atoms with Crippen LogP contribution in [-0.2, 0) is 22.4 Å². The summed E-state index contributed by atoms with van der Waals surface area (Å²) in [7, 11) is 0. The van der Waals surface area contributed by atoms with Crippen LogP contribution >= 0.6 is 0 Å². The number of benzene rings is 1. The van der Waals surface area contributed by atoms with Crippen LogP contribution in [0.15, 0.2) is 29.9 Å². The first-order valence-corrected chi connectivity index (χ1v) is 16.1. The second-order valence-corrected chi connectivity index (χ2v) is 12.6. The molecule has 40 heavy (non-hydrogen) atoms. The lowest BCUT2D eigenvalue weighted by Crippen LogP contribution is -2.30. The summed E-state index contributed by atoms with van der Waals surface area (Å²) in [4.78, 5) is 38.3. The highest BCUT2D eigenvalue weighted by molar-refractivity contribution is 6.01. The molecular formula is C37H56O3. The van der Waals surface area contributed by atoms with E-state index < -0.39 is 0 Å². The third-order valence-corrected chi connectivity index (χ3v) is 8.70. The highest BCUT2D eigenvalue weighted by Crippen LogP contribution is 2.40. The third-order valence-electron chi connectivity index (χ3n) is 8.70. The van der Waals surface area contributed by atoms with Gasteiger partial charge in [-0.15, -0.1) is 0 Å². The van der Waals surface area contributed by atoms with Crippen molar-refractivity contribution in [2.75, 3.05) is 0 Å². The summed E-state index contributed by atoms with van der Waals surface area (Å²) in [5.41, 5.74) is 7.43. The zero-order valence-electron chi connectivity index (χ0n) is 27.0. The van der Waals surface area contributed by atoms with Gasteiger partial charge < -0.3 is 0 Å². The Morgan fingerprint density at radius 3 is 2.25 bits per heavy atom. The summed E-state index contributed by atoms with van der Waals surface area (Å²) in [6.45, 7) is 18.8. The average molecular weight is 549 g/mol. The molecule has 3 nitrogen and oxygen atoms in total. The second kappa shape index (κ2) is 16.2. The molecule has 3 heteroatoms. The SMILES string of the molecule is CCC.CCCC(CC1CC(=O)c2c(C)c(CC3C=CC(CC)=C3)cc(C(C)C)c2C1)C(CC)C(=O)CC(C)=O. The zero-order valence-corrected chi connectivity index (χ0v) is 27.0. The van der Waals surface area contributed by atoms with Crippen molar-refractivity contribution in [3.63, 3.8) is 0 Å². The quantitative estimate of drug-likeness (QED) is 0.231. The molecule has 3 rings (SSSR count). The van der Waals surface area contributed by atoms with Gasteiger partial charge >= 0.3 is 0 Å². The minimum Gasteiger partial charge on any atom is -0.300 e. The summed E-state index contributed by atoms with van der Waals surface area (Å²) < 4.78 is 0. The number of carbonyl (C=O) groups is 3. The van der Waals surface area contributed by atoms with Gasteiger partial charge in [0.2, 0.25) is 0 Å². The molecule has 0 bridgehead atoms. The Balaban J connectivity index is 0.00000178. The van der Waals surface area contributed by atoms with E-state index in [1.54, 1.807) is 0 Å². The molecule has 0 amide bonds. The van der Waals surface area contributed by atoms with Gasteiger partial charge in [-0.1, -0.05) is 97.6 Å². The number of hydrogen-bond acceptors (Lipinski definition) is 3. The van der Waals surface area contributed by atoms with E-state index in [0.717, 1.165) is 50.5 Å². The van der Waals surface area contributed by atoms with Crippen molar-refractivity contribution < 1.29 is 14.4 Å². The van der Waals surface area contributed by atoms with Crippen LogP contribution in [-0.4, -0.2) is 17.3 Å². The van der Waals surface area contributed by atoms with Crippen molar-refractivity contribution in [1.82, 2.24) is 0 Å². The minimum absolute atomic E-state index is 0.0374. The molecule has 4 atom stereocenters. The Morgan fingerprint density at radius 1 is 1.05 bits per heavy atom. The van der Waals surface area contributed by atoms with Gasteiger partial charge in [-0.25, -0.2) is 0 Å². The van der Waals surface area contributed by atoms with E-state index in [-0.39, 0.29) is 41.5 Å². The maximum atomic E-state index is 13.7. The number of fused-ring (bicyclic) bond motifs is 1. The summed E-state index contributed by atoms with van der Waals surface area (Å²) >= 11 is 0. The maximum Gasteiger partial charge on any atom is 0.163 e. The van der Waals surface area contributed by atoms with Crippen LogP contribution in [0.5, 0.6) is 0 Å². The van der Waals surface area contributed by atoms with Gasteiger partial charge in [0.25, 0.3) is 0 Å². The Hall–Kier alpha value is -2.29. The predicted octanol–water partition coefficient (Wildman–Crippen LogP) is 9.73. The highest BCUT2D eigenvalue weighted by Gasteiger charge is 2.34. The van der Waals surface area contributed by atoms with E-state index in [9.17, 15) is 14.4 Å². The van der Waals surface area contributed by atoms with Gasteiger partial charge in [0.15, 0.2) is 5.78 Å². The molecule has 0 aliphatic heterocycles. The van der Waals surface area contributed by atoms with E-state index in [1.165, 1.54) is 41.2 Å². The van der Waals surface area contributed by atoms with Crippen molar-refractivity contribution in [1.29, 1.82) is 0 Å². The maximum absolute atomic E-state index is 13.7. The van der Waals surface area contributed by atoms with Crippen molar-refractivity contribution in [3.8, 4) is 0 Å². The first-order chi connectivity index (χ1) is 19.0. The van der Waals surface area contributed by atoms with Crippen LogP contribution in [0.1, 0.15) is 145 Å². The van der Waals surface area contributed by atoms with Gasteiger partial charge in [-0.2, -0.15) is 0 Å². The Kier molecular flexibility index (Phi) is 13.8. The Bertz CT molecular complexity index is 1090. The zero-order chi connectivity index (χ0) is 30.0. The number of Topliss-reactive ketones (excluding diaryl/α,β-unsaturated/α-hetero) is 3. The first kappa shape index (κ1) is 33.9. The lowest BCUT2D eigenvalue weighted by Gasteiger charge is -2.33. The van der Waals surface area contributed by atoms with Crippen molar-refractivity contribution in [2.45, 2.75) is 132 Å². The van der Waals surface area contributed by atoms with Crippen molar-refractivity contribution in [2.24, 2.45) is 23.7 Å². The molecule has 4 unspecified atom stereocenters. The van der Waals surface area contributed by atoms with E-state index in [4.69, 9.17) is 0 Å². The number of carbonyl (C=O) groups excluding carboxylic acids is 3. The molecule has 1 aromatic rings. The van der Waals surface area contributed by atoms with Crippen LogP contribution in [0.2, 0.25) is 0 Å². The van der Waals surface area contributed by atoms with Gasteiger partial charge in [-0.05, 0) is 91.9 Å². The third kappa shape index (κ3) is 8.85. The van der Waals surface area contributed by atoms with Crippen molar-refractivity contribution >= 4 is 17.3 Å². The molecule has 0 spiro atoms. The molecule has 0 saturated heterocycles. The number of hydrogen-bond donors (Lipinski definition) is 0. The van der Waals surface area contributed by atoms with Gasteiger partial charge in [0, 0.05) is 17.9 Å². The molecule has 0 radical (unpaired) electrons. The van der Waals surface area contributed by atoms with Gasteiger partial charge in [0.1, 0.15) is 11.6 Å². The monoisotopic (exact) mass is 548 g/mol. The molecule has 2 aliphatic carbocycles. The molecule has 2 aliphatic rings. The number of ketones is 3. The fraction of sp³-hybridized carbons (Fsp3) is 0.649. The molecular weight excluding hydrogens is 492 g/mol. The normalized spacial score (nSPS) is 19.6. The predicted molar refractivity (Wildman–Crippen MR) is 169 cm³/mol. The van der Waals surface area contributed by atoms with Crippen LogP contribution in [0.4, 0.5) is 0 Å². The first-order valence-electron chi connectivity index (χ1n) is 16.1. The van der Waals surface area contributed by atoms with Crippen LogP contribution in [0, 0.1) is 30.6 Å². The molecule has 0 aromatic heterocycles. The van der Waals surface area contributed by atoms with Crippen LogP contribution in [0.3, 0.4) is 0 Å². The van der Waals surface area contributed by atoms with Gasteiger partial charge in [-0.3, -0.25) is 14.4 Å². The topological polar surface area (TPSA) is 51.2 Å². The van der Waals surface area contributed by atoms with E-state index >= 15 is 0 Å². The minimum atomic E-state index is -0.0884. The Morgan fingerprint density at radius 2 is 1.73 bits per heavy atom. The molecule has 222 valence electrons. The number of allylic oxidation sites excluding steroid dienone is 4. The lowest BCUT2D eigenvalue weighted by atomic mass is 9.70. The molecule has 0 saturated carbocycles. The standard InChI is InChI=1S/C34H48O3.C3H8/c1-8-11-27(29(10-3)32(36)14-22(6)35)17-26-18-31-30(21(4)5)20-28(23(7)34(31)33(37)19-26)16-25-13-12-24(9-2)15-25;1-3-2/h12-13,15,20-21,25-27,29H,8-11,14,16-19H2,1-7H3;3H2,1-2H3. The lowest BCUT2D eigenvalue weighted by molar-refractivity contribution is -0.129. The van der Waals surface area contributed by atoms with Crippen LogP contribution < -0.4 is 0 Å². The average Bonchev–Trinajstić information content (AvgIpc) is 3.33. The van der Waals surface area contributed by atoms with E-state index in [0.29, 0.717) is 18.3 Å². The van der Waals surface area contributed by atoms with E-state index in [1.807, 2.05) is 0 Å². The summed E-state index contributed by atoms with van der Waals surface area (Å²) in [6, 6.07) is 2.38. The molecule has 0 heterocycles. The molecule has 0 fully saturated rings. The largest absolute Gasteiger partial charge is 0.300 e. The fourth-order valence-corrected chi connectivity index (χ4v) is 6.86. The summed E-state index contributed by atoms with van der Waals surface area (Å²) in [5, 5.41) is 0. The highest BCUT2D eigenvalue weighted by atomic mass is 16.1. The summed E-state index contributed by atoms with van der Waals surface area (Å²) in [6.07, 6.45) is 15.3. The smallest absolute Gasteiger partial charge is 0.163 e. The van der Waals surface area contributed by atoms with E-state index in [2.05, 4.69) is 79.7 Å².